The van der Waals surface area contributed by atoms with Crippen LogP contribution in [0.25, 0.3) is 0 Å². The van der Waals surface area contributed by atoms with Crippen molar-refractivity contribution in [1.29, 1.82) is 0 Å². The van der Waals surface area contributed by atoms with Gasteiger partial charge in [0, 0.05) is 24.7 Å². The largest absolute Gasteiger partial charge is 0.339 e. The van der Waals surface area contributed by atoms with Crippen LogP contribution in [0.5, 0.6) is 0 Å². The van der Waals surface area contributed by atoms with Gasteiger partial charge in [0.05, 0.1) is 11.4 Å². The summed E-state index contributed by atoms with van der Waals surface area (Å²) >= 11 is 5.79. The molecule has 1 saturated heterocycles. The second-order valence-corrected chi connectivity index (χ2v) is 8.34. The Hall–Kier alpha value is -1.11. The Morgan fingerprint density at radius 2 is 1.96 bits per heavy atom. The molecular formula is C16H23ClN2O3S. The molecular weight excluding hydrogens is 336 g/mol. The lowest BCUT2D eigenvalue weighted by molar-refractivity contribution is -0.134. The minimum absolute atomic E-state index is 0.128. The van der Waals surface area contributed by atoms with Gasteiger partial charge in [0.1, 0.15) is 0 Å². The van der Waals surface area contributed by atoms with Crippen LogP contribution in [-0.2, 0) is 14.8 Å². The van der Waals surface area contributed by atoms with Gasteiger partial charge in [-0.05, 0) is 49.9 Å². The molecule has 1 aromatic carbocycles. The maximum atomic E-state index is 12.5. The summed E-state index contributed by atoms with van der Waals surface area (Å²) in [5, 5.41) is 0.474. The predicted molar refractivity (Wildman–Crippen MR) is 90.9 cm³/mol. The number of hydrogen-bond acceptors (Lipinski definition) is 3. The van der Waals surface area contributed by atoms with Crippen molar-refractivity contribution in [3.63, 3.8) is 0 Å². The van der Waals surface area contributed by atoms with Crippen molar-refractivity contribution in [2.24, 2.45) is 0 Å². The Labute approximate surface area is 143 Å². The van der Waals surface area contributed by atoms with E-state index in [9.17, 15) is 13.2 Å². The molecule has 128 valence electrons. The summed E-state index contributed by atoms with van der Waals surface area (Å²) < 4.78 is 26.2. The summed E-state index contributed by atoms with van der Waals surface area (Å²) in [7, 11) is -2.25. The molecule has 23 heavy (non-hydrogen) atoms. The molecule has 1 fully saturated rings. The summed E-state index contributed by atoms with van der Waals surface area (Å²) in [6, 6.07) is 6.19. The maximum Gasteiger partial charge on any atom is 0.243 e. The fourth-order valence-electron chi connectivity index (χ4n) is 2.91. The van der Waals surface area contributed by atoms with Crippen LogP contribution in [0.3, 0.4) is 0 Å². The van der Waals surface area contributed by atoms with Crippen LogP contribution in [0.4, 0.5) is 0 Å². The van der Waals surface area contributed by atoms with E-state index in [1.54, 1.807) is 0 Å². The topological polar surface area (TPSA) is 57.7 Å². The smallest absolute Gasteiger partial charge is 0.243 e. The fraction of sp³-hybridized carbons (Fsp3) is 0.562. The number of carbonyl (C=O) groups excluding carboxylic acids is 1. The minimum Gasteiger partial charge on any atom is -0.339 e. The van der Waals surface area contributed by atoms with Crippen LogP contribution in [0.15, 0.2) is 29.2 Å². The lowest BCUT2D eigenvalue weighted by Crippen LogP contribution is -2.48. The van der Waals surface area contributed by atoms with E-state index >= 15 is 0 Å². The van der Waals surface area contributed by atoms with E-state index in [0.29, 0.717) is 11.6 Å². The van der Waals surface area contributed by atoms with Gasteiger partial charge in [-0.25, -0.2) is 8.42 Å². The molecule has 0 bridgehead atoms. The highest BCUT2D eigenvalue weighted by molar-refractivity contribution is 7.89. The van der Waals surface area contributed by atoms with E-state index in [0.717, 1.165) is 30.0 Å². The molecule has 1 aromatic rings. The number of carbonyl (C=O) groups is 1. The normalized spacial score (nSPS) is 19.1. The highest BCUT2D eigenvalue weighted by Gasteiger charge is 2.29. The molecule has 1 aliphatic rings. The molecule has 1 atom stereocenters. The van der Waals surface area contributed by atoms with Gasteiger partial charge in [-0.15, -0.1) is 0 Å². The van der Waals surface area contributed by atoms with E-state index in [-0.39, 0.29) is 23.4 Å². The number of hydrogen-bond donors (Lipinski definition) is 0. The molecule has 1 heterocycles. The first kappa shape index (κ1) is 18.2. The van der Waals surface area contributed by atoms with E-state index in [1.807, 2.05) is 4.90 Å². The Balaban J connectivity index is 2.09. The molecule has 0 aliphatic carbocycles. The zero-order valence-electron chi connectivity index (χ0n) is 13.5. The molecule has 7 heteroatoms. The molecule has 0 radical (unpaired) electrons. The Morgan fingerprint density at radius 1 is 1.30 bits per heavy atom. The van der Waals surface area contributed by atoms with Crippen molar-refractivity contribution < 1.29 is 13.2 Å². The molecule has 1 amide bonds. The molecule has 1 aliphatic heterocycles. The standard InChI is InChI=1S/C16H23ClN2O3S/c1-3-14-6-4-5-11-19(14)16(20)12-18(2)23(21,22)15-9-7-13(17)8-10-15/h7-10,14H,3-6,11-12H2,1-2H3. The van der Waals surface area contributed by atoms with Crippen molar-refractivity contribution >= 4 is 27.5 Å². The number of rotatable bonds is 5. The highest BCUT2D eigenvalue weighted by Crippen LogP contribution is 2.21. The maximum absolute atomic E-state index is 12.5. The Bertz CT molecular complexity index is 646. The van der Waals surface area contributed by atoms with E-state index in [4.69, 9.17) is 11.6 Å². The zero-order chi connectivity index (χ0) is 17.0. The number of likely N-dealkylation sites (tertiary alicyclic amines) is 1. The number of piperidine rings is 1. The number of halogens is 1. The SMILES string of the molecule is CCC1CCCCN1C(=O)CN(C)S(=O)(=O)c1ccc(Cl)cc1. The van der Waals surface area contributed by atoms with Crippen molar-refractivity contribution in [3.05, 3.63) is 29.3 Å². The van der Waals surface area contributed by atoms with Gasteiger partial charge in [-0.2, -0.15) is 4.31 Å². The van der Waals surface area contributed by atoms with Crippen molar-refractivity contribution in [2.45, 2.75) is 43.5 Å². The summed E-state index contributed by atoms with van der Waals surface area (Å²) in [5.41, 5.74) is 0. The van der Waals surface area contributed by atoms with E-state index in [2.05, 4.69) is 6.92 Å². The molecule has 2 rings (SSSR count). The van der Waals surface area contributed by atoms with Gasteiger partial charge in [-0.3, -0.25) is 4.79 Å². The van der Waals surface area contributed by atoms with Gasteiger partial charge in [0.25, 0.3) is 0 Å². The van der Waals surface area contributed by atoms with Crippen LogP contribution >= 0.6 is 11.6 Å². The van der Waals surface area contributed by atoms with Gasteiger partial charge in [0.15, 0.2) is 0 Å². The van der Waals surface area contributed by atoms with Crippen LogP contribution < -0.4 is 0 Å². The van der Waals surface area contributed by atoms with Crippen molar-refractivity contribution in [2.75, 3.05) is 20.1 Å². The minimum atomic E-state index is -3.69. The van der Waals surface area contributed by atoms with Crippen LogP contribution in [0.2, 0.25) is 5.02 Å². The molecule has 0 N–H and O–H groups in total. The summed E-state index contributed by atoms with van der Waals surface area (Å²) in [6.45, 7) is 2.64. The summed E-state index contributed by atoms with van der Waals surface area (Å²) in [6.07, 6.45) is 4.01. The third kappa shape index (κ3) is 4.25. The third-order valence-electron chi connectivity index (χ3n) is 4.30. The molecule has 0 spiro atoms. The number of nitrogens with zero attached hydrogens (tertiary/aromatic N) is 2. The molecule has 0 aromatic heterocycles. The Kier molecular flexibility index (Phi) is 6.06. The van der Waals surface area contributed by atoms with Crippen LogP contribution in [0, 0.1) is 0 Å². The Morgan fingerprint density at radius 3 is 2.57 bits per heavy atom. The highest BCUT2D eigenvalue weighted by atomic mass is 35.5. The van der Waals surface area contributed by atoms with E-state index in [1.165, 1.54) is 31.3 Å². The summed E-state index contributed by atoms with van der Waals surface area (Å²) in [5.74, 6) is -0.128. The predicted octanol–water partition coefficient (Wildman–Crippen LogP) is 2.75. The van der Waals surface area contributed by atoms with E-state index < -0.39 is 10.0 Å². The zero-order valence-corrected chi connectivity index (χ0v) is 15.1. The first-order valence-electron chi connectivity index (χ1n) is 7.87. The first-order valence-corrected chi connectivity index (χ1v) is 9.69. The number of likely N-dealkylation sites (N-methyl/N-ethyl adjacent to an activating group) is 1. The van der Waals surface area contributed by atoms with Gasteiger partial charge in [-0.1, -0.05) is 18.5 Å². The van der Waals surface area contributed by atoms with Crippen molar-refractivity contribution in [1.82, 2.24) is 9.21 Å². The van der Waals surface area contributed by atoms with Gasteiger partial charge < -0.3 is 4.90 Å². The van der Waals surface area contributed by atoms with Gasteiger partial charge >= 0.3 is 0 Å². The third-order valence-corrected chi connectivity index (χ3v) is 6.37. The average Bonchev–Trinajstić information content (AvgIpc) is 2.55. The lowest BCUT2D eigenvalue weighted by Gasteiger charge is -2.36. The second-order valence-electron chi connectivity index (χ2n) is 5.86. The number of amides is 1. The fourth-order valence-corrected chi connectivity index (χ4v) is 4.15. The van der Waals surface area contributed by atoms with Crippen LogP contribution in [0.1, 0.15) is 32.6 Å². The number of sulfonamides is 1. The average molecular weight is 359 g/mol. The molecule has 0 saturated carbocycles. The van der Waals surface area contributed by atoms with Crippen LogP contribution in [-0.4, -0.2) is 49.7 Å². The second kappa shape index (κ2) is 7.64. The quantitative estimate of drug-likeness (QED) is 0.813. The van der Waals surface area contributed by atoms with Gasteiger partial charge in [0.2, 0.25) is 15.9 Å². The first-order chi connectivity index (χ1) is 10.9. The monoisotopic (exact) mass is 358 g/mol. The molecule has 5 nitrogen and oxygen atoms in total. The van der Waals surface area contributed by atoms with Crippen molar-refractivity contribution in [3.8, 4) is 0 Å². The summed E-state index contributed by atoms with van der Waals surface area (Å²) in [4.78, 5) is 14.5. The molecule has 1 unspecified atom stereocenters. The lowest BCUT2D eigenvalue weighted by atomic mass is 10.00. The number of benzene rings is 1.